The Bertz CT molecular complexity index is 379. The number of hydrogen-bond donors (Lipinski definition) is 1. The van der Waals surface area contributed by atoms with Crippen molar-refractivity contribution in [2.75, 3.05) is 17.7 Å². The number of hydrogen-bond acceptors (Lipinski definition) is 6. The zero-order valence-corrected chi connectivity index (χ0v) is 11.8. The molecule has 18 heavy (non-hydrogen) atoms. The number of rotatable bonds is 6. The second-order valence-corrected chi connectivity index (χ2v) is 4.52. The lowest BCUT2D eigenvalue weighted by atomic mass is 10.1. The maximum absolute atomic E-state index is 5.69. The number of aromatic nitrogens is 3. The highest BCUT2D eigenvalue weighted by Crippen LogP contribution is 2.17. The van der Waals surface area contributed by atoms with Crippen LogP contribution in [0.5, 0.6) is 6.01 Å². The van der Waals surface area contributed by atoms with Gasteiger partial charge in [-0.15, -0.1) is 0 Å². The Labute approximate surface area is 109 Å². The molecule has 0 fully saturated rings. The van der Waals surface area contributed by atoms with Crippen molar-refractivity contribution in [1.82, 2.24) is 15.0 Å². The van der Waals surface area contributed by atoms with Crippen LogP contribution in [0.3, 0.4) is 0 Å². The van der Waals surface area contributed by atoms with E-state index in [0.717, 1.165) is 12.8 Å². The van der Waals surface area contributed by atoms with Gasteiger partial charge in [0.25, 0.3) is 0 Å². The summed E-state index contributed by atoms with van der Waals surface area (Å²) in [5, 5.41) is 0. The van der Waals surface area contributed by atoms with Gasteiger partial charge in [-0.2, -0.15) is 15.0 Å². The average molecular weight is 253 g/mol. The van der Waals surface area contributed by atoms with E-state index in [1.165, 1.54) is 0 Å². The predicted octanol–water partition coefficient (Wildman–Crippen LogP) is 1.87. The first-order valence-corrected chi connectivity index (χ1v) is 6.38. The van der Waals surface area contributed by atoms with Crippen molar-refractivity contribution in [2.24, 2.45) is 0 Å². The van der Waals surface area contributed by atoms with E-state index in [9.17, 15) is 0 Å². The van der Waals surface area contributed by atoms with E-state index >= 15 is 0 Å². The van der Waals surface area contributed by atoms with Crippen LogP contribution < -0.4 is 15.4 Å². The molecule has 0 amide bonds. The number of ether oxygens (including phenoxy) is 1. The normalized spacial score (nSPS) is 11.1. The topological polar surface area (TPSA) is 77.2 Å². The maximum Gasteiger partial charge on any atom is 0.323 e. The summed E-state index contributed by atoms with van der Waals surface area (Å²) in [6.45, 7) is 8.12. The van der Waals surface area contributed by atoms with E-state index in [1.54, 1.807) is 0 Å². The van der Waals surface area contributed by atoms with Gasteiger partial charge in [0.1, 0.15) is 0 Å². The zero-order valence-electron chi connectivity index (χ0n) is 11.8. The van der Waals surface area contributed by atoms with Crippen molar-refractivity contribution in [3.05, 3.63) is 0 Å². The van der Waals surface area contributed by atoms with Crippen LogP contribution in [0.2, 0.25) is 0 Å². The van der Waals surface area contributed by atoms with Gasteiger partial charge in [-0.05, 0) is 26.7 Å². The maximum atomic E-state index is 5.69. The molecule has 1 heterocycles. The average Bonchev–Trinajstić information content (AvgIpc) is 2.28. The van der Waals surface area contributed by atoms with Crippen LogP contribution in [0.15, 0.2) is 0 Å². The van der Waals surface area contributed by atoms with Gasteiger partial charge in [0.15, 0.2) is 0 Å². The van der Waals surface area contributed by atoms with Gasteiger partial charge in [0, 0.05) is 13.1 Å². The molecule has 0 aliphatic rings. The third-order valence-electron chi connectivity index (χ3n) is 2.77. The van der Waals surface area contributed by atoms with Gasteiger partial charge in [0.2, 0.25) is 11.9 Å². The third kappa shape index (κ3) is 3.72. The largest absolute Gasteiger partial charge is 0.461 e. The number of nitrogens with two attached hydrogens (primary N) is 1. The summed E-state index contributed by atoms with van der Waals surface area (Å²) in [5.74, 6) is 0.750. The van der Waals surface area contributed by atoms with E-state index in [1.807, 2.05) is 25.8 Å². The lowest BCUT2D eigenvalue weighted by Gasteiger charge is -2.26. The Morgan fingerprint density at radius 2 is 1.78 bits per heavy atom. The van der Waals surface area contributed by atoms with E-state index in [0.29, 0.717) is 12.0 Å². The smallest absolute Gasteiger partial charge is 0.323 e. The van der Waals surface area contributed by atoms with E-state index in [-0.39, 0.29) is 18.1 Å². The quantitative estimate of drug-likeness (QED) is 0.834. The Hall–Kier alpha value is -1.59. The van der Waals surface area contributed by atoms with Crippen molar-refractivity contribution in [2.45, 2.75) is 52.7 Å². The highest BCUT2D eigenvalue weighted by Gasteiger charge is 2.16. The molecule has 6 nitrogen and oxygen atoms in total. The second-order valence-electron chi connectivity index (χ2n) is 4.52. The Morgan fingerprint density at radius 3 is 2.28 bits per heavy atom. The molecule has 0 atom stereocenters. The summed E-state index contributed by atoms with van der Waals surface area (Å²) < 4.78 is 5.46. The summed E-state index contributed by atoms with van der Waals surface area (Å²) in [6, 6.07) is 0.670. The Kier molecular flexibility index (Phi) is 5.12. The Morgan fingerprint density at radius 1 is 1.17 bits per heavy atom. The molecule has 1 aromatic rings. The first-order chi connectivity index (χ1) is 8.47. The van der Waals surface area contributed by atoms with Gasteiger partial charge in [0.05, 0.1) is 6.10 Å². The predicted molar refractivity (Wildman–Crippen MR) is 72.8 cm³/mol. The fourth-order valence-electron chi connectivity index (χ4n) is 1.78. The van der Waals surface area contributed by atoms with E-state index in [2.05, 4.69) is 28.8 Å². The summed E-state index contributed by atoms with van der Waals surface area (Å²) in [7, 11) is 1.96. The minimum absolute atomic E-state index is 0.0121. The first-order valence-electron chi connectivity index (χ1n) is 6.38. The minimum Gasteiger partial charge on any atom is -0.461 e. The van der Waals surface area contributed by atoms with Crippen molar-refractivity contribution < 1.29 is 4.74 Å². The summed E-state index contributed by atoms with van der Waals surface area (Å²) in [4.78, 5) is 14.4. The first kappa shape index (κ1) is 14.5. The molecule has 0 saturated heterocycles. The van der Waals surface area contributed by atoms with Crippen LogP contribution >= 0.6 is 0 Å². The van der Waals surface area contributed by atoms with Gasteiger partial charge < -0.3 is 15.4 Å². The van der Waals surface area contributed by atoms with Crippen LogP contribution in [0, 0.1) is 0 Å². The van der Waals surface area contributed by atoms with E-state index < -0.39 is 0 Å². The second kappa shape index (κ2) is 6.37. The van der Waals surface area contributed by atoms with Crippen molar-refractivity contribution in [3.8, 4) is 6.01 Å². The molecular weight excluding hydrogens is 230 g/mol. The summed E-state index contributed by atoms with van der Waals surface area (Å²) >= 11 is 0. The lowest BCUT2D eigenvalue weighted by molar-refractivity contribution is 0.222. The van der Waals surface area contributed by atoms with Crippen LogP contribution in [-0.4, -0.2) is 34.1 Å². The number of nitrogen functional groups attached to an aromatic ring is 1. The molecule has 0 unspecified atom stereocenters. The fourth-order valence-corrected chi connectivity index (χ4v) is 1.78. The molecule has 0 spiro atoms. The van der Waals surface area contributed by atoms with Gasteiger partial charge >= 0.3 is 6.01 Å². The molecule has 102 valence electrons. The summed E-state index contributed by atoms with van der Waals surface area (Å²) in [6.07, 6.45) is 2.07. The summed E-state index contributed by atoms with van der Waals surface area (Å²) in [5.41, 5.74) is 5.69. The molecule has 0 aliphatic heterocycles. The van der Waals surface area contributed by atoms with Crippen molar-refractivity contribution in [1.29, 1.82) is 0 Å². The SMILES string of the molecule is CCC(CC)N(C)c1nc(N)nc(OC(C)C)n1. The lowest BCUT2D eigenvalue weighted by Crippen LogP contribution is -2.32. The van der Waals surface area contributed by atoms with Gasteiger partial charge in [-0.1, -0.05) is 13.8 Å². The van der Waals surface area contributed by atoms with Gasteiger partial charge in [-0.3, -0.25) is 0 Å². The molecule has 1 rings (SSSR count). The highest BCUT2D eigenvalue weighted by atomic mass is 16.5. The monoisotopic (exact) mass is 253 g/mol. The highest BCUT2D eigenvalue weighted by molar-refractivity contribution is 5.36. The van der Waals surface area contributed by atoms with Gasteiger partial charge in [-0.25, -0.2) is 0 Å². The third-order valence-corrected chi connectivity index (χ3v) is 2.77. The molecule has 0 bridgehead atoms. The zero-order chi connectivity index (χ0) is 13.7. The van der Waals surface area contributed by atoms with Crippen molar-refractivity contribution >= 4 is 11.9 Å². The van der Waals surface area contributed by atoms with Crippen LogP contribution in [-0.2, 0) is 0 Å². The molecule has 6 heteroatoms. The van der Waals surface area contributed by atoms with Crippen molar-refractivity contribution in [3.63, 3.8) is 0 Å². The van der Waals surface area contributed by atoms with Crippen LogP contribution in [0.4, 0.5) is 11.9 Å². The molecule has 0 radical (unpaired) electrons. The van der Waals surface area contributed by atoms with Crippen LogP contribution in [0.1, 0.15) is 40.5 Å². The molecule has 0 saturated carbocycles. The molecule has 2 N–H and O–H groups in total. The molecule has 0 aromatic carbocycles. The Balaban J connectivity index is 2.97. The molecular formula is C12H23N5O. The van der Waals surface area contributed by atoms with Crippen LogP contribution in [0.25, 0.3) is 0 Å². The minimum atomic E-state index is 0.0121. The molecule has 1 aromatic heterocycles. The fraction of sp³-hybridized carbons (Fsp3) is 0.750. The standard InChI is InChI=1S/C12H23N5O/c1-6-9(7-2)17(5)11-14-10(13)15-12(16-11)18-8(3)4/h8-9H,6-7H2,1-5H3,(H2,13,14,15,16). The van der Waals surface area contributed by atoms with E-state index in [4.69, 9.17) is 10.5 Å². The molecule has 0 aliphatic carbocycles. The number of nitrogens with zero attached hydrogens (tertiary/aromatic N) is 4. The number of anilines is 2.